The maximum atomic E-state index is 9.10. The molecule has 180 valence electrons. The Labute approximate surface area is 210 Å². The van der Waals surface area contributed by atoms with E-state index in [0.717, 1.165) is 33.6 Å². The van der Waals surface area contributed by atoms with Crippen LogP contribution in [0.4, 0.5) is 0 Å². The lowest BCUT2D eigenvalue weighted by Gasteiger charge is -2.16. The number of nitrogens with zero attached hydrogens (tertiary/aromatic N) is 2. The summed E-state index contributed by atoms with van der Waals surface area (Å²) in [6.07, 6.45) is 3.48. The lowest BCUT2D eigenvalue weighted by atomic mass is 10.00. The summed E-state index contributed by atoms with van der Waals surface area (Å²) in [4.78, 5) is 8.82. The standard InChI is InChI=1S/C28H28ClN3O3/c1-20-24(22-8-3-2-4-9-22)10-5-11-27(20)34-19-26-25(29)15-23(17-31-13-14-33)28(32-26)35-18-21-7-6-12-30-16-21/h2-12,15-16,31,33H,13-14,17-19H2,1H3. The number of nitrogens with one attached hydrogen (secondary N) is 1. The number of pyridine rings is 2. The molecule has 2 heterocycles. The van der Waals surface area contributed by atoms with Crippen molar-refractivity contribution in [2.75, 3.05) is 13.2 Å². The lowest BCUT2D eigenvalue weighted by molar-refractivity contribution is 0.273. The highest BCUT2D eigenvalue weighted by atomic mass is 35.5. The van der Waals surface area contributed by atoms with Gasteiger partial charge in [-0.25, -0.2) is 4.98 Å². The van der Waals surface area contributed by atoms with E-state index in [1.165, 1.54) is 0 Å². The molecule has 6 nitrogen and oxygen atoms in total. The second-order valence-corrected chi connectivity index (χ2v) is 8.42. The van der Waals surface area contributed by atoms with E-state index in [1.807, 2.05) is 55.5 Å². The molecular weight excluding hydrogens is 462 g/mol. The second kappa shape index (κ2) is 12.3. The van der Waals surface area contributed by atoms with Crippen molar-refractivity contribution >= 4 is 11.6 Å². The minimum Gasteiger partial charge on any atom is -0.487 e. The fraction of sp³-hybridized carbons (Fsp3) is 0.214. The topological polar surface area (TPSA) is 76.5 Å². The van der Waals surface area contributed by atoms with E-state index in [4.69, 9.17) is 26.2 Å². The van der Waals surface area contributed by atoms with E-state index in [1.54, 1.807) is 12.4 Å². The Morgan fingerprint density at radius 2 is 1.83 bits per heavy atom. The Morgan fingerprint density at radius 1 is 0.971 bits per heavy atom. The molecule has 4 rings (SSSR count). The number of rotatable bonds is 11. The third kappa shape index (κ3) is 6.57. The van der Waals surface area contributed by atoms with Gasteiger partial charge in [0.2, 0.25) is 5.88 Å². The van der Waals surface area contributed by atoms with Crippen LogP contribution in [0.3, 0.4) is 0 Å². The minimum absolute atomic E-state index is 0.0420. The van der Waals surface area contributed by atoms with Crippen molar-refractivity contribution in [3.05, 3.63) is 107 Å². The normalized spacial score (nSPS) is 10.8. The number of aromatic nitrogens is 2. The van der Waals surface area contributed by atoms with Gasteiger partial charge >= 0.3 is 0 Å². The molecule has 0 atom stereocenters. The van der Waals surface area contributed by atoms with Gasteiger partial charge in [-0.2, -0.15) is 0 Å². The monoisotopic (exact) mass is 489 g/mol. The van der Waals surface area contributed by atoms with Gasteiger partial charge in [0.25, 0.3) is 0 Å². The highest BCUT2D eigenvalue weighted by Gasteiger charge is 2.14. The number of aliphatic hydroxyl groups excluding tert-OH is 1. The first kappa shape index (κ1) is 24.7. The van der Waals surface area contributed by atoms with Crippen molar-refractivity contribution < 1.29 is 14.6 Å². The molecule has 2 N–H and O–H groups in total. The van der Waals surface area contributed by atoms with Crippen LogP contribution >= 0.6 is 11.6 Å². The summed E-state index contributed by atoms with van der Waals surface area (Å²) in [7, 11) is 0. The first-order chi connectivity index (χ1) is 17.2. The van der Waals surface area contributed by atoms with Crippen LogP contribution < -0.4 is 14.8 Å². The van der Waals surface area contributed by atoms with Crippen molar-refractivity contribution in [1.82, 2.24) is 15.3 Å². The van der Waals surface area contributed by atoms with E-state index in [0.29, 0.717) is 36.3 Å². The van der Waals surface area contributed by atoms with E-state index in [9.17, 15) is 0 Å². The average Bonchev–Trinajstić information content (AvgIpc) is 2.89. The van der Waals surface area contributed by atoms with Crippen molar-refractivity contribution in [2.24, 2.45) is 0 Å². The first-order valence-electron chi connectivity index (χ1n) is 11.4. The molecule has 0 fully saturated rings. The summed E-state index contributed by atoms with van der Waals surface area (Å²) in [5, 5.41) is 12.7. The molecule has 35 heavy (non-hydrogen) atoms. The van der Waals surface area contributed by atoms with Crippen LogP contribution in [0.2, 0.25) is 5.02 Å². The van der Waals surface area contributed by atoms with Gasteiger partial charge in [-0.05, 0) is 41.8 Å². The Hall–Kier alpha value is -3.45. The molecule has 0 saturated carbocycles. The van der Waals surface area contributed by atoms with Gasteiger partial charge < -0.3 is 19.9 Å². The Balaban J connectivity index is 1.54. The first-order valence-corrected chi connectivity index (χ1v) is 11.8. The van der Waals surface area contributed by atoms with Gasteiger partial charge in [-0.1, -0.05) is 60.1 Å². The van der Waals surface area contributed by atoms with Gasteiger partial charge in [-0.3, -0.25) is 4.98 Å². The number of hydrogen-bond acceptors (Lipinski definition) is 6. The smallest absolute Gasteiger partial charge is 0.218 e. The molecule has 2 aromatic heterocycles. The lowest BCUT2D eigenvalue weighted by Crippen LogP contribution is -2.19. The van der Waals surface area contributed by atoms with Crippen LogP contribution in [0.25, 0.3) is 11.1 Å². The molecule has 4 aromatic rings. The zero-order valence-electron chi connectivity index (χ0n) is 19.6. The van der Waals surface area contributed by atoms with Gasteiger partial charge in [-0.15, -0.1) is 0 Å². The summed E-state index contributed by atoms with van der Waals surface area (Å²) in [5.74, 6) is 1.24. The zero-order chi connectivity index (χ0) is 24.5. The van der Waals surface area contributed by atoms with E-state index in [2.05, 4.69) is 33.5 Å². The molecule has 0 amide bonds. The van der Waals surface area contributed by atoms with E-state index < -0.39 is 0 Å². The van der Waals surface area contributed by atoms with E-state index in [-0.39, 0.29) is 13.2 Å². The molecular formula is C28H28ClN3O3. The molecule has 0 bridgehead atoms. The molecule has 0 radical (unpaired) electrons. The Kier molecular flexibility index (Phi) is 8.68. The van der Waals surface area contributed by atoms with Crippen LogP contribution in [-0.2, 0) is 19.8 Å². The Bertz CT molecular complexity index is 1240. The van der Waals surface area contributed by atoms with Crippen molar-refractivity contribution in [2.45, 2.75) is 26.7 Å². The predicted molar refractivity (Wildman–Crippen MR) is 138 cm³/mol. The maximum Gasteiger partial charge on any atom is 0.218 e. The van der Waals surface area contributed by atoms with Gasteiger partial charge in [0.1, 0.15) is 24.7 Å². The van der Waals surface area contributed by atoms with Crippen LogP contribution in [0, 0.1) is 6.92 Å². The minimum atomic E-state index is 0.0420. The molecule has 0 aliphatic carbocycles. The molecule has 0 aliphatic rings. The number of ether oxygens (including phenoxy) is 2. The molecule has 2 aromatic carbocycles. The van der Waals surface area contributed by atoms with E-state index >= 15 is 0 Å². The fourth-order valence-corrected chi connectivity index (χ4v) is 3.91. The second-order valence-electron chi connectivity index (χ2n) is 8.01. The molecule has 0 unspecified atom stereocenters. The van der Waals surface area contributed by atoms with Crippen molar-refractivity contribution in [3.8, 4) is 22.8 Å². The molecule has 0 aliphatic heterocycles. The SMILES string of the molecule is Cc1c(OCc2nc(OCc3cccnc3)c(CNCCO)cc2Cl)cccc1-c1ccccc1. The Morgan fingerprint density at radius 3 is 2.60 bits per heavy atom. The summed E-state index contributed by atoms with van der Waals surface area (Å²) >= 11 is 6.58. The predicted octanol–water partition coefficient (Wildman–Crippen LogP) is 5.35. The van der Waals surface area contributed by atoms with Gasteiger partial charge in [0.05, 0.1) is 11.6 Å². The van der Waals surface area contributed by atoms with Crippen LogP contribution in [-0.4, -0.2) is 28.2 Å². The van der Waals surface area contributed by atoms with Crippen molar-refractivity contribution in [3.63, 3.8) is 0 Å². The number of halogens is 1. The zero-order valence-corrected chi connectivity index (χ0v) is 20.3. The van der Waals surface area contributed by atoms with Crippen LogP contribution in [0.5, 0.6) is 11.6 Å². The quantitative estimate of drug-likeness (QED) is 0.277. The highest BCUT2D eigenvalue weighted by molar-refractivity contribution is 6.31. The third-order valence-corrected chi connectivity index (χ3v) is 5.85. The maximum absolute atomic E-state index is 9.10. The van der Waals surface area contributed by atoms with Crippen LogP contribution in [0.15, 0.2) is 79.1 Å². The third-order valence-electron chi connectivity index (χ3n) is 5.52. The summed E-state index contributed by atoms with van der Waals surface area (Å²) < 4.78 is 12.2. The van der Waals surface area contributed by atoms with Crippen molar-refractivity contribution in [1.29, 1.82) is 0 Å². The molecule has 7 heteroatoms. The number of benzene rings is 2. The number of aliphatic hydroxyl groups is 1. The summed E-state index contributed by atoms with van der Waals surface area (Å²) in [6, 6.07) is 21.9. The highest BCUT2D eigenvalue weighted by Crippen LogP contribution is 2.31. The number of hydrogen-bond donors (Lipinski definition) is 2. The van der Waals surface area contributed by atoms with Gasteiger partial charge in [0, 0.05) is 36.6 Å². The largest absolute Gasteiger partial charge is 0.487 e. The van der Waals surface area contributed by atoms with Crippen LogP contribution in [0.1, 0.15) is 22.4 Å². The fourth-order valence-electron chi connectivity index (χ4n) is 3.68. The summed E-state index contributed by atoms with van der Waals surface area (Å²) in [6.45, 7) is 3.54. The molecule has 0 saturated heterocycles. The average molecular weight is 490 g/mol. The summed E-state index contributed by atoms with van der Waals surface area (Å²) in [5.41, 5.74) is 5.63. The molecule has 0 spiro atoms. The van der Waals surface area contributed by atoms with Gasteiger partial charge in [0.15, 0.2) is 0 Å².